The third kappa shape index (κ3) is 2.50. The zero-order valence-corrected chi connectivity index (χ0v) is 14.3. The SMILES string of the molecule is CN1CCc2sc3nc(NN)n(Cc4ccccc4)c(=O)c3c2C1. The molecule has 2 aromatic heterocycles. The van der Waals surface area contributed by atoms with Crippen LogP contribution in [0.25, 0.3) is 10.2 Å². The van der Waals surface area contributed by atoms with Gasteiger partial charge in [-0.25, -0.2) is 10.8 Å². The second kappa shape index (κ2) is 6.01. The molecule has 0 spiro atoms. The van der Waals surface area contributed by atoms with Crippen molar-refractivity contribution in [1.82, 2.24) is 14.5 Å². The topological polar surface area (TPSA) is 76.2 Å². The summed E-state index contributed by atoms with van der Waals surface area (Å²) in [5, 5.41) is 0.747. The second-order valence-corrected chi connectivity index (χ2v) is 7.21. The molecule has 3 aromatic rings. The number of anilines is 1. The average molecular weight is 341 g/mol. The predicted octanol–water partition coefficient (Wildman–Crippen LogP) is 1.78. The monoisotopic (exact) mass is 341 g/mol. The van der Waals surface area contributed by atoms with E-state index in [1.165, 1.54) is 4.88 Å². The van der Waals surface area contributed by atoms with Crippen LogP contribution in [0.3, 0.4) is 0 Å². The van der Waals surface area contributed by atoms with Gasteiger partial charge in [0.25, 0.3) is 5.56 Å². The van der Waals surface area contributed by atoms with E-state index in [2.05, 4.69) is 22.4 Å². The minimum Gasteiger partial charge on any atom is -0.302 e. The van der Waals surface area contributed by atoms with Crippen LogP contribution in [0.1, 0.15) is 16.0 Å². The first-order valence-electron chi connectivity index (χ1n) is 7.91. The summed E-state index contributed by atoms with van der Waals surface area (Å²) < 4.78 is 1.62. The van der Waals surface area contributed by atoms with E-state index >= 15 is 0 Å². The summed E-state index contributed by atoms with van der Waals surface area (Å²) in [6.45, 7) is 2.26. The molecule has 0 saturated carbocycles. The molecule has 0 radical (unpaired) electrons. The Hall–Kier alpha value is -2.22. The van der Waals surface area contributed by atoms with E-state index in [1.807, 2.05) is 30.3 Å². The number of nitrogens with zero attached hydrogens (tertiary/aromatic N) is 3. The number of thiophene rings is 1. The molecule has 24 heavy (non-hydrogen) atoms. The van der Waals surface area contributed by atoms with Crippen molar-refractivity contribution in [2.24, 2.45) is 5.84 Å². The summed E-state index contributed by atoms with van der Waals surface area (Å²) >= 11 is 1.61. The van der Waals surface area contributed by atoms with Gasteiger partial charge in [0.15, 0.2) is 0 Å². The van der Waals surface area contributed by atoms with E-state index < -0.39 is 0 Å². The Morgan fingerprint density at radius 2 is 2.12 bits per heavy atom. The summed E-state index contributed by atoms with van der Waals surface area (Å²) in [5.41, 5.74) is 4.73. The number of likely N-dealkylation sites (N-methyl/N-ethyl adjacent to an activating group) is 1. The maximum Gasteiger partial charge on any atom is 0.264 e. The number of nitrogens with one attached hydrogen (secondary N) is 1. The largest absolute Gasteiger partial charge is 0.302 e. The zero-order valence-electron chi connectivity index (χ0n) is 13.5. The highest BCUT2D eigenvalue weighted by atomic mass is 32.1. The molecule has 124 valence electrons. The first kappa shape index (κ1) is 15.3. The molecule has 0 aliphatic carbocycles. The van der Waals surface area contributed by atoms with E-state index in [9.17, 15) is 4.79 Å². The number of rotatable bonds is 3. The maximum absolute atomic E-state index is 13.2. The fraction of sp³-hybridized carbons (Fsp3) is 0.294. The van der Waals surface area contributed by atoms with Crippen LogP contribution in [0.4, 0.5) is 5.95 Å². The number of nitrogen functional groups attached to an aromatic ring is 1. The Kier molecular flexibility index (Phi) is 3.84. The quantitative estimate of drug-likeness (QED) is 0.561. The van der Waals surface area contributed by atoms with Gasteiger partial charge < -0.3 is 4.90 Å². The number of hydrazine groups is 1. The van der Waals surface area contributed by atoms with E-state index in [-0.39, 0.29) is 5.56 Å². The molecule has 0 unspecified atom stereocenters. The van der Waals surface area contributed by atoms with Gasteiger partial charge >= 0.3 is 0 Å². The second-order valence-electron chi connectivity index (χ2n) is 6.13. The van der Waals surface area contributed by atoms with Gasteiger partial charge in [0.1, 0.15) is 4.83 Å². The lowest BCUT2D eigenvalue weighted by Gasteiger charge is -2.22. The fourth-order valence-electron chi connectivity index (χ4n) is 3.22. The molecule has 0 amide bonds. The molecule has 0 atom stereocenters. The standard InChI is InChI=1S/C17H19N5OS/c1-21-8-7-13-12(10-21)14-15(24-13)19-17(20-18)22(16(14)23)9-11-5-3-2-4-6-11/h2-6H,7-10,18H2,1H3,(H,19,20). The van der Waals surface area contributed by atoms with Crippen molar-refractivity contribution in [3.05, 3.63) is 56.7 Å². The number of hydrogen-bond acceptors (Lipinski definition) is 6. The normalized spacial score (nSPS) is 14.8. The number of benzene rings is 1. The summed E-state index contributed by atoms with van der Waals surface area (Å²) in [5.74, 6) is 6.04. The molecule has 4 rings (SSSR count). The Balaban J connectivity index is 1.91. The molecule has 0 saturated heterocycles. The van der Waals surface area contributed by atoms with Gasteiger partial charge in [-0.15, -0.1) is 11.3 Å². The fourth-order valence-corrected chi connectivity index (χ4v) is 4.38. The first-order valence-corrected chi connectivity index (χ1v) is 8.73. The Labute approximate surface area is 143 Å². The van der Waals surface area contributed by atoms with Crippen LogP contribution >= 0.6 is 11.3 Å². The lowest BCUT2D eigenvalue weighted by Crippen LogP contribution is -2.29. The van der Waals surface area contributed by atoms with E-state index in [1.54, 1.807) is 15.9 Å². The number of hydrogen-bond donors (Lipinski definition) is 2. The summed E-state index contributed by atoms with van der Waals surface area (Å²) in [4.78, 5) is 22.1. The summed E-state index contributed by atoms with van der Waals surface area (Å²) in [6.07, 6.45) is 0.969. The molecule has 6 nitrogen and oxygen atoms in total. The third-order valence-corrected chi connectivity index (χ3v) is 5.64. The molecule has 0 fully saturated rings. The van der Waals surface area contributed by atoms with Crippen LogP contribution < -0.4 is 16.8 Å². The van der Waals surface area contributed by atoms with Crippen molar-refractivity contribution in [1.29, 1.82) is 0 Å². The van der Waals surface area contributed by atoms with Crippen LogP contribution in [0, 0.1) is 0 Å². The highest BCUT2D eigenvalue weighted by molar-refractivity contribution is 7.18. The summed E-state index contributed by atoms with van der Waals surface area (Å²) in [6, 6.07) is 9.87. The van der Waals surface area contributed by atoms with Crippen molar-refractivity contribution in [3.63, 3.8) is 0 Å². The zero-order chi connectivity index (χ0) is 16.7. The molecule has 1 aliphatic rings. The van der Waals surface area contributed by atoms with Crippen LogP contribution in [-0.2, 0) is 19.5 Å². The van der Waals surface area contributed by atoms with Crippen LogP contribution in [0.2, 0.25) is 0 Å². The van der Waals surface area contributed by atoms with Gasteiger partial charge in [-0.1, -0.05) is 30.3 Å². The average Bonchev–Trinajstić information content (AvgIpc) is 2.95. The lowest BCUT2D eigenvalue weighted by molar-refractivity contribution is 0.317. The van der Waals surface area contributed by atoms with Gasteiger partial charge in [-0.3, -0.25) is 14.8 Å². The molecule has 1 aliphatic heterocycles. The van der Waals surface area contributed by atoms with Crippen LogP contribution in [0.5, 0.6) is 0 Å². The third-order valence-electron chi connectivity index (χ3n) is 4.46. The van der Waals surface area contributed by atoms with Crippen LogP contribution in [-0.4, -0.2) is 28.0 Å². The van der Waals surface area contributed by atoms with Gasteiger partial charge in [0, 0.05) is 18.0 Å². The van der Waals surface area contributed by atoms with Crippen molar-refractivity contribution in [2.75, 3.05) is 19.0 Å². The van der Waals surface area contributed by atoms with Crippen molar-refractivity contribution in [2.45, 2.75) is 19.5 Å². The Morgan fingerprint density at radius 3 is 2.88 bits per heavy atom. The molecule has 0 bridgehead atoms. The highest BCUT2D eigenvalue weighted by Gasteiger charge is 2.23. The van der Waals surface area contributed by atoms with Crippen LogP contribution in [0.15, 0.2) is 35.1 Å². The number of nitrogens with two attached hydrogens (primary N) is 1. The van der Waals surface area contributed by atoms with Gasteiger partial charge in [0.2, 0.25) is 5.95 Å². The maximum atomic E-state index is 13.2. The predicted molar refractivity (Wildman–Crippen MR) is 97.3 cm³/mol. The Bertz CT molecular complexity index is 947. The molecule has 3 heterocycles. The van der Waals surface area contributed by atoms with Gasteiger partial charge in [-0.05, 0) is 24.6 Å². The molecule has 3 N–H and O–H groups in total. The summed E-state index contributed by atoms with van der Waals surface area (Å²) in [7, 11) is 2.08. The van der Waals surface area contributed by atoms with Gasteiger partial charge in [0.05, 0.1) is 11.9 Å². The van der Waals surface area contributed by atoms with Crippen molar-refractivity contribution >= 4 is 27.5 Å². The van der Waals surface area contributed by atoms with E-state index in [4.69, 9.17) is 5.84 Å². The minimum atomic E-state index is -0.0235. The minimum absolute atomic E-state index is 0.0235. The Morgan fingerprint density at radius 1 is 1.33 bits per heavy atom. The van der Waals surface area contributed by atoms with E-state index in [0.717, 1.165) is 40.9 Å². The van der Waals surface area contributed by atoms with Crippen molar-refractivity contribution < 1.29 is 0 Å². The highest BCUT2D eigenvalue weighted by Crippen LogP contribution is 2.32. The lowest BCUT2D eigenvalue weighted by atomic mass is 10.1. The molecular formula is C17H19N5OS. The molecular weight excluding hydrogens is 322 g/mol. The first-order chi connectivity index (χ1) is 11.7. The smallest absolute Gasteiger partial charge is 0.264 e. The van der Waals surface area contributed by atoms with Crippen molar-refractivity contribution in [3.8, 4) is 0 Å². The molecule has 1 aromatic carbocycles. The van der Waals surface area contributed by atoms with E-state index in [0.29, 0.717) is 12.5 Å². The number of aromatic nitrogens is 2. The molecule has 7 heteroatoms. The van der Waals surface area contributed by atoms with Gasteiger partial charge in [-0.2, -0.15) is 0 Å². The number of fused-ring (bicyclic) bond motifs is 3.